The summed E-state index contributed by atoms with van der Waals surface area (Å²) in [5, 5.41) is 0. The smallest absolute Gasteiger partial charge is 0.342 e. The lowest BCUT2D eigenvalue weighted by Gasteiger charge is -2.28. The number of rotatable bonds is 3. The van der Waals surface area contributed by atoms with Crippen LogP contribution in [0.5, 0.6) is 5.75 Å². The first-order valence-corrected chi connectivity index (χ1v) is 6.43. The first-order chi connectivity index (χ1) is 9.10. The molecule has 1 saturated heterocycles. The lowest BCUT2D eigenvalue weighted by Crippen LogP contribution is -2.35. The number of ether oxygens (including phenoxy) is 2. The van der Waals surface area contributed by atoms with Crippen molar-refractivity contribution in [1.29, 1.82) is 0 Å². The zero-order chi connectivity index (χ0) is 13.8. The molecule has 0 atom stereocenters. The third kappa shape index (κ3) is 3.38. The second-order valence-electron chi connectivity index (χ2n) is 4.87. The van der Waals surface area contributed by atoms with Gasteiger partial charge in [-0.1, -0.05) is 0 Å². The highest BCUT2D eigenvalue weighted by Gasteiger charge is 2.22. The van der Waals surface area contributed by atoms with Crippen LogP contribution in [-0.4, -0.2) is 44.2 Å². The zero-order valence-corrected chi connectivity index (χ0v) is 11.4. The van der Waals surface area contributed by atoms with Gasteiger partial charge in [0.05, 0.1) is 7.11 Å². The van der Waals surface area contributed by atoms with Gasteiger partial charge in [0.2, 0.25) is 0 Å². The number of hydrogen-bond acceptors (Lipinski definition) is 5. The summed E-state index contributed by atoms with van der Waals surface area (Å²) in [4.78, 5) is 14.4. The molecule has 2 N–H and O–H groups in total. The monoisotopic (exact) mass is 264 g/mol. The standard InChI is InChI=1S/C14H20N2O3/c1-16-7-5-11(6-8-16)19-14(17)12-9-10(15)3-4-13(12)18-2/h3-4,9,11H,5-8,15H2,1-2H3. The van der Waals surface area contributed by atoms with E-state index in [2.05, 4.69) is 11.9 Å². The van der Waals surface area contributed by atoms with Crippen molar-refractivity contribution >= 4 is 11.7 Å². The van der Waals surface area contributed by atoms with Crippen LogP contribution in [0.15, 0.2) is 18.2 Å². The Labute approximate surface area is 113 Å². The molecule has 1 aromatic carbocycles. The molecule has 1 fully saturated rings. The highest BCUT2D eigenvalue weighted by molar-refractivity contribution is 5.93. The minimum atomic E-state index is -0.362. The Morgan fingerprint density at radius 1 is 1.37 bits per heavy atom. The highest BCUT2D eigenvalue weighted by Crippen LogP contribution is 2.23. The summed E-state index contributed by atoms with van der Waals surface area (Å²) in [5.74, 6) is 0.130. The number of piperidine rings is 1. The number of hydrogen-bond donors (Lipinski definition) is 1. The SMILES string of the molecule is COc1ccc(N)cc1C(=O)OC1CCN(C)CC1. The molecule has 0 spiro atoms. The Morgan fingerprint density at radius 3 is 2.68 bits per heavy atom. The Bertz CT molecular complexity index is 454. The number of carbonyl (C=O) groups excluding carboxylic acids is 1. The predicted molar refractivity (Wildman–Crippen MR) is 73.3 cm³/mol. The maximum Gasteiger partial charge on any atom is 0.342 e. The van der Waals surface area contributed by atoms with Crippen LogP contribution in [0.2, 0.25) is 0 Å². The first-order valence-electron chi connectivity index (χ1n) is 6.43. The molecular formula is C14H20N2O3. The van der Waals surface area contributed by atoms with Gasteiger partial charge in [-0.05, 0) is 38.1 Å². The van der Waals surface area contributed by atoms with Crippen molar-refractivity contribution in [1.82, 2.24) is 4.90 Å². The maximum absolute atomic E-state index is 12.2. The second kappa shape index (κ2) is 5.93. The number of nitrogen functional groups attached to an aromatic ring is 1. The normalized spacial score (nSPS) is 17.2. The molecule has 0 unspecified atom stereocenters. The van der Waals surface area contributed by atoms with Crippen LogP contribution >= 0.6 is 0 Å². The Hall–Kier alpha value is -1.75. The molecule has 1 aliphatic rings. The van der Waals surface area contributed by atoms with Gasteiger partial charge in [0, 0.05) is 18.8 Å². The third-order valence-corrected chi connectivity index (χ3v) is 3.38. The molecular weight excluding hydrogens is 244 g/mol. The van der Waals surface area contributed by atoms with Crippen molar-refractivity contribution < 1.29 is 14.3 Å². The summed E-state index contributed by atoms with van der Waals surface area (Å²) in [5.41, 5.74) is 6.62. The van der Waals surface area contributed by atoms with E-state index < -0.39 is 0 Å². The molecule has 19 heavy (non-hydrogen) atoms. The average molecular weight is 264 g/mol. The summed E-state index contributed by atoms with van der Waals surface area (Å²) >= 11 is 0. The number of nitrogens with zero attached hydrogens (tertiary/aromatic N) is 1. The zero-order valence-electron chi connectivity index (χ0n) is 11.4. The van der Waals surface area contributed by atoms with Gasteiger partial charge in [0.15, 0.2) is 0 Å². The van der Waals surface area contributed by atoms with E-state index in [1.54, 1.807) is 18.2 Å². The van der Waals surface area contributed by atoms with Crippen LogP contribution in [0.3, 0.4) is 0 Å². The Balaban J connectivity index is 2.05. The van der Waals surface area contributed by atoms with Gasteiger partial charge in [-0.3, -0.25) is 0 Å². The summed E-state index contributed by atoms with van der Waals surface area (Å²) < 4.78 is 10.7. The van der Waals surface area contributed by atoms with Crippen molar-refractivity contribution in [2.75, 3.05) is 33.0 Å². The first kappa shape index (κ1) is 13.7. The number of nitrogens with two attached hydrogens (primary N) is 1. The van der Waals surface area contributed by atoms with E-state index in [4.69, 9.17) is 15.2 Å². The van der Waals surface area contributed by atoms with Crippen LogP contribution in [-0.2, 0) is 4.74 Å². The van der Waals surface area contributed by atoms with Gasteiger partial charge in [-0.25, -0.2) is 4.79 Å². The fraction of sp³-hybridized carbons (Fsp3) is 0.500. The molecule has 5 heteroatoms. The largest absolute Gasteiger partial charge is 0.496 e. The fourth-order valence-electron chi connectivity index (χ4n) is 2.20. The van der Waals surface area contributed by atoms with E-state index in [-0.39, 0.29) is 12.1 Å². The highest BCUT2D eigenvalue weighted by atomic mass is 16.5. The van der Waals surface area contributed by atoms with E-state index in [0.717, 1.165) is 25.9 Å². The van der Waals surface area contributed by atoms with E-state index in [1.165, 1.54) is 7.11 Å². The molecule has 0 radical (unpaired) electrons. The van der Waals surface area contributed by atoms with E-state index in [1.807, 2.05) is 0 Å². The van der Waals surface area contributed by atoms with Crippen LogP contribution in [0.4, 0.5) is 5.69 Å². The summed E-state index contributed by atoms with van der Waals surface area (Å²) in [6.45, 7) is 1.90. The molecule has 1 heterocycles. The van der Waals surface area contributed by atoms with Crippen molar-refractivity contribution in [3.05, 3.63) is 23.8 Å². The molecule has 1 aliphatic heterocycles. The van der Waals surface area contributed by atoms with Crippen molar-refractivity contribution in [3.63, 3.8) is 0 Å². The number of carbonyl (C=O) groups is 1. The summed E-state index contributed by atoms with van der Waals surface area (Å²) in [7, 11) is 3.59. The van der Waals surface area contributed by atoms with Gasteiger partial charge in [0.25, 0.3) is 0 Å². The van der Waals surface area contributed by atoms with Crippen molar-refractivity contribution in [3.8, 4) is 5.75 Å². The van der Waals surface area contributed by atoms with Gasteiger partial charge in [0.1, 0.15) is 17.4 Å². The minimum absolute atomic E-state index is 0.0187. The lowest BCUT2D eigenvalue weighted by molar-refractivity contribution is 0.0136. The Kier molecular flexibility index (Phi) is 4.27. The number of benzene rings is 1. The lowest BCUT2D eigenvalue weighted by atomic mass is 10.1. The molecule has 0 bridgehead atoms. The van der Waals surface area contributed by atoms with Gasteiger partial charge >= 0.3 is 5.97 Å². The number of esters is 1. The third-order valence-electron chi connectivity index (χ3n) is 3.38. The maximum atomic E-state index is 12.2. The molecule has 104 valence electrons. The van der Waals surface area contributed by atoms with E-state index in [9.17, 15) is 4.79 Å². The molecule has 5 nitrogen and oxygen atoms in total. The van der Waals surface area contributed by atoms with Gasteiger partial charge in [-0.15, -0.1) is 0 Å². The quantitative estimate of drug-likeness (QED) is 0.662. The van der Waals surface area contributed by atoms with E-state index in [0.29, 0.717) is 17.0 Å². The fourth-order valence-corrected chi connectivity index (χ4v) is 2.20. The topological polar surface area (TPSA) is 64.8 Å². The molecule has 1 aromatic rings. The number of likely N-dealkylation sites (tertiary alicyclic amines) is 1. The van der Waals surface area contributed by atoms with Gasteiger partial charge in [-0.2, -0.15) is 0 Å². The van der Waals surface area contributed by atoms with Crippen LogP contribution in [0, 0.1) is 0 Å². The molecule has 0 aromatic heterocycles. The summed E-state index contributed by atoms with van der Waals surface area (Å²) in [6.07, 6.45) is 1.72. The van der Waals surface area contributed by atoms with Crippen LogP contribution in [0.25, 0.3) is 0 Å². The second-order valence-corrected chi connectivity index (χ2v) is 4.87. The molecule has 0 saturated carbocycles. The number of methoxy groups -OCH3 is 1. The van der Waals surface area contributed by atoms with Gasteiger partial charge < -0.3 is 20.1 Å². The summed E-state index contributed by atoms with van der Waals surface area (Å²) in [6, 6.07) is 4.97. The Morgan fingerprint density at radius 2 is 2.05 bits per heavy atom. The number of anilines is 1. The van der Waals surface area contributed by atoms with E-state index >= 15 is 0 Å². The van der Waals surface area contributed by atoms with Crippen molar-refractivity contribution in [2.45, 2.75) is 18.9 Å². The molecule has 0 amide bonds. The average Bonchev–Trinajstić information content (AvgIpc) is 2.41. The van der Waals surface area contributed by atoms with Crippen molar-refractivity contribution in [2.24, 2.45) is 0 Å². The minimum Gasteiger partial charge on any atom is -0.496 e. The van der Waals surface area contributed by atoms with Crippen LogP contribution in [0.1, 0.15) is 23.2 Å². The van der Waals surface area contributed by atoms with Crippen LogP contribution < -0.4 is 10.5 Å². The predicted octanol–water partition coefficient (Wildman–Crippen LogP) is 1.53. The molecule has 0 aliphatic carbocycles. The molecule has 2 rings (SSSR count).